The fourth-order valence-electron chi connectivity index (χ4n) is 0.855. The first-order chi connectivity index (χ1) is 3.93. The molecule has 1 heterocycles. The lowest BCUT2D eigenvalue weighted by atomic mass is 9.99. The van der Waals surface area contributed by atoms with E-state index < -0.39 is 0 Å². The molecule has 0 saturated heterocycles. The normalized spacial score (nSPS) is 19.2. The Kier molecular flexibility index (Phi) is 2.01. The monoisotopic (exact) mass is 107 g/mol. The van der Waals surface area contributed by atoms with Crippen LogP contribution in [0.15, 0.2) is 11.8 Å². The fraction of sp³-hybridized carbons (Fsp3) is 0.667. The van der Waals surface area contributed by atoms with E-state index in [1.165, 1.54) is 18.5 Å². The van der Waals surface area contributed by atoms with E-state index in [2.05, 4.69) is 11.4 Å². The van der Waals surface area contributed by atoms with Crippen molar-refractivity contribution in [3.63, 3.8) is 0 Å². The number of hydrogen-bond donors (Lipinski definition) is 1. The van der Waals surface area contributed by atoms with Crippen molar-refractivity contribution < 1.29 is 0 Å². The molecule has 0 bridgehead atoms. The summed E-state index contributed by atoms with van der Waals surface area (Å²) in [5.74, 6) is 0. The molecule has 1 rings (SSSR count). The van der Waals surface area contributed by atoms with Gasteiger partial charge in [0, 0.05) is 6.54 Å². The molecule has 0 spiro atoms. The van der Waals surface area contributed by atoms with Gasteiger partial charge in [0.25, 0.3) is 0 Å². The van der Waals surface area contributed by atoms with E-state index >= 15 is 0 Å². The van der Waals surface area contributed by atoms with Crippen LogP contribution in [0.2, 0.25) is 6.32 Å². The van der Waals surface area contributed by atoms with Crippen LogP contribution in [0, 0.1) is 0 Å². The first kappa shape index (κ1) is 5.74. The zero-order valence-corrected chi connectivity index (χ0v) is 4.98. The first-order valence-electron chi connectivity index (χ1n) is 3.06. The molecule has 2 heteroatoms. The number of rotatable bonds is 1. The van der Waals surface area contributed by atoms with Crippen LogP contribution in [-0.4, -0.2) is 14.4 Å². The molecular weight excluding hydrogens is 96.9 g/mol. The highest BCUT2D eigenvalue weighted by atomic mass is 14.9. The van der Waals surface area contributed by atoms with E-state index in [1.54, 1.807) is 0 Å². The second kappa shape index (κ2) is 2.80. The number of hydrogen-bond acceptors (Lipinski definition) is 1. The maximum absolute atomic E-state index is 5.37. The molecule has 0 fully saturated rings. The summed E-state index contributed by atoms with van der Waals surface area (Å²) < 4.78 is 0. The Balaban J connectivity index is 2.37. The lowest BCUT2D eigenvalue weighted by Gasteiger charge is -2.13. The van der Waals surface area contributed by atoms with E-state index in [0.29, 0.717) is 6.32 Å². The van der Waals surface area contributed by atoms with Gasteiger partial charge in [-0.15, -0.1) is 0 Å². The van der Waals surface area contributed by atoms with Gasteiger partial charge in [0.2, 0.25) is 0 Å². The molecule has 2 radical (unpaired) electrons. The summed E-state index contributed by atoms with van der Waals surface area (Å²) in [6.45, 7) is 1.10. The Morgan fingerprint density at radius 2 is 2.62 bits per heavy atom. The van der Waals surface area contributed by atoms with Gasteiger partial charge in [0.15, 0.2) is 0 Å². The molecule has 0 aromatic carbocycles. The molecule has 0 atom stereocenters. The van der Waals surface area contributed by atoms with E-state index in [-0.39, 0.29) is 0 Å². The Bertz CT molecular complexity index is 98.7. The molecule has 1 nitrogen and oxygen atoms in total. The van der Waals surface area contributed by atoms with Crippen LogP contribution in [0.5, 0.6) is 0 Å². The summed E-state index contributed by atoms with van der Waals surface area (Å²) in [5, 5.41) is 3.20. The fourth-order valence-corrected chi connectivity index (χ4v) is 0.855. The Labute approximate surface area is 51.6 Å². The van der Waals surface area contributed by atoms with Crippen molar-refractivity contribution in [3.8, 4) is 0 Å². The molecule has 1 N–H and O–H groups in total. The third-order valence-corrected chi connectivity index (χ3v) is 1.34. The minimum Gasteiger partial charge on any atom is -0.389 e. The molecule has 42 valence electrons. The average Bonchev–Trinajstić information content (AvgIpc) is 1.90. The highest BCUT2D eigenvalue weighted by Crippen LogP contribution is 2.04. The van der Waals surface area contributed by atoms with Crippen molar-refractivity contribution >= 4 is 7.85 Å². The summed E-state index contributed by atoms with van der Waals surface area (Å²) >= 11 is 0. The second-order valence-electron chi connectivity index (χ2n) is 2.00. The van der Waals surface area contributed by atoms with Crippen LogP contribution in [0.4, 0.5) is 0 Å². The molecule has 8 heavy (non-hydrogen) atoms. The van der Waals surface area contributed by atoms with Gasteiger partial charge in [0.05, 0.1) is 7.85 Å². The van der Waals surface area contributed by atoms with Crippen molar-refractivity contribution in [2.24, 2.45) is 0 Å². The largest absolute Gasteiger partial charge is 0.389 e. The van der Waals surface area contributed by atoms with Gasteiger partial charge in [0.1, 0.15) is 0 Å². The SMILES string of the molecule is [B]CC1=CCCCN1. The minimum absolute atomic E-state index is 0.667. The van der Waals surface area contributed by atoms with Crippen LogP contribution >= 0.6 is 0 Å². The average molecular weight is 107 g/mol. The third kappa shape index (κ3) is 1.29. The van der Waals surface area contributed by atoms with Gasteiger partial charge in [-0.05, 0) is 18.5 Å². The lowest BCUT2D eigenvalue weighted by Crippen LogP contribution is -2.17. The summed E-state index contributed by atoms with van der Waals surface area (Å²) in [6, 6.07) is 0. The lowest BCUT2D eigenvalue weighted by molar-refractivity contribution is 0.690. The van der Waals surface area contributed by atoms with E-state index in [4.69, 9.17) is 7.85 Å². The molecule has 0 unspecified atom stereocenters. The van der Waals surface area contributed by atoms with Gasteiger partial charge < -0.3 is 5.32 Å². The van der Waals surface area contributed by atoms with Crippen molar-refractivity contribution in [3.05, 3.63) is 11.8 Å². The molecule has 0 amide bonds. The minimum atomic E-state index is 0.667. The Morgan fingerprint density at radius 1 is 1.75 bits per heavy atom. The van der Waals surface area contributed by atoms with Crippen LogP contribution < -0.4 is 5.32 Å². The molecule has 0 aliphatic carbocycles. The van der Waals surface area contributed by atoms with Gasteiger partial charge >= 0.3 is 0 Å². The van der Waals surface area contributed by atoms with Crippen molar-refractivity contribution in [1.82, 2.24) is 5.32 Å². The zero-order chi connectivity index (χ0) is 5.82. The predicted octanol–water partition coefficient (Wildman–Crippen LogP) is 0.841. The van der Waals surface area contributed by atoms with Crippen LogP contribution in [0.1, 0.15) is 12.8 Å². The van der Waals surface area contributed by atoms with Crippen LogP contribution in [0.25, 0.3) is 0 Å². The summed E-state index contributed by atoms with van der Waals surface area (Å²) in [6.07, 6.45) is 5.28. The number of nitrogens with one attached hydrogen (secondary N) is 1. The smallest absolute Gasteiger partial charge is 0.0736 e. The van der Waals surface area contributed by atoms with Gasteiger partial charge in [-0.25, -0.2) is 0 Å². The van der Waals surface area contributed by atoms with E-state index in [9.17, 15) is 0 Å². The summed E-state index contributed by atoms with van der Waals surface area (Å²) in [7, 11) is 5.37. The third-order valence-electron chi connectivity index (χ3n) is 1.34. The van der Waals surface area contributed by atoms with E-state index in [0.717, 1.165) is 6.54 Å². The summed E-state index contributed by atoms with van der Waals surface area (Å²) in [5.41, 5.74) is 1.20. The van der Waals surface area contributed by atoms with Gasteiger partial charge in [-0.2, -0.15) is 0 Å². The summed E-state index contributed by atoms with van der Waals surface area (Å²) in [4.78, 5) is 0. The topological polar surface area (TPSA) is 12.0 Å². The highest BCUT2D eigenvalue weighted by Gasteiger charge is 1.96. The van der Waals surface area contributed by atoms with Crippen molar-refractivity contribution in [2.45, 2.75) is 19.2 Å². The second-order valence-corrected chi connectivity index (χ2v) is 2.00. The standard InChI is InChI=1S/C6H10BN/c7-5-6-3-1-2-4-8-6/h3,8H,1-2,4-5H2. The van der Waals surface area contributed by atoms with Crippen molar-refractivity contribution in [1.29, 1.82) is 0 Å². The van der Waals surface area contributed by atoms with Crippen LogP contribution in [-0.2, 0) is 0 Å². The zero-order valence-electron chi connectivity index (χ0n) is 4.98. The molecule has 0 aromatic rings. The quantitative estimate of drug-likeness (QED) is 0.489. The molecular formula is C6H10BN. The van der Waals surface area contributed by atoms with Crippen molar-refractivity contribution in [2.75, 3.05) is 6.54 Å². The molecule has 0 aromatic heterocycles. The number of allylic oxidation sites excluding steroid dienone is 2. The molecule has 0 saturated carbocycles. The predicted molar refractivity (Wildman–Crippen MR) is 35.9 cm³/mol. The molecule has 1 aliphatic rings. The van der Waals surface area contributed by atoms with Gasteiger partial charge in [-0.3, -0.25) is 0 Å². The maximum Gasteiger partial charge on any atom is 0.0736 e. The Morgan fingerprint density at radius 3 is 3.00 bits per heavy atom. The van der Waals surface area contributed by atoms with E-state index in [1.807, 2.05) is 0 Å². The highest BCUT2D eigenvalue weighted by molar-refractivity contribution is 6.10. The first-order valence-corrected chi connectivity index (χ1v) is 3.06. The Hall–Kier alpha value is -0.395. The van der Waals surface area contributed by atoms with Crippen LogP contribution in [0.3, 0.4) is 0 Å². The maximum atomic E-state index is 5.37. The molecule has 1 aliphatic heterocycles. The van der Waals surface area contributed by atoms with Gasteiger partial charge in [-0.1, -0.05) is 12.4 Å².